The Labute approximate surface area is 135 Å². The zero-order chi connectivity index (χ0) is 16.3. The molecule has 2 rings (SSSR count). The Morgan fingerprint density at radius 2 is 2.27 bits per heavy atom. The van der Waals surface area contributed by atoms with Crippen molar-refractivity contribution in [2.45, 2.75) is 6.92 Å². The van der Waals surface area contributed by atoms with Crippen LogP contribution in [0.15, 0.2) is 16.9 Å². The van der Waals surface area contributed by atoms with E-state index in [9.17, 15) is 9.90 Å². The molecule has 0 saturated carbocycles. The number of hydrogen-bond acceptors (Lipinski definition) is 5. The first-order valence-corrected chi connectivity index (χ1v) is 7.60. The Morgan fingerprint density at radius 3 is 2.91 bits per heavy atom. The molecule has 5 nitrogen and oxygen atoms in total. The highest BCUT2D eigenvalue weighted by Gasteiger charge is 2.09. The molecule has 0 fully saturated rings. The van der Waals surface area contributed by atoms with E-state index in [1.807, 2.05) is 6.07 Å². The van der Waals surface area contributed by atoms with Crippen LogP contribution in [0.1, 0.15) is 12.5 Å². The second-order valence-electron chi connectivity index (χ2n) is 4.37. The minimum atomic E-state index is -0.200. The van der Waals surface area contributed by atoms with Gasteiger partial charge in [-0.2, -0.15) is 5.26 Å². The number of aromatic hydroxyl groups is 1. The normalized spacial score (nSPS) is 12.5. The molecule has 114 valence electrons. The molecule has 0 bridgehead atoms. The van der Waals surface area contributed by atoms with Gasteiger partial charge in [-0.25, -0.2) is 0 Å². The van der Waals surface area contributed by atoms with E-state index in [4.69, 9.17) is 21.6 Å². The van der Waals surface area contributed by atoms with E-state index in [1.54, 1.807) is 32.2 Å². The van der Waals surface area contributed by atoms with Gasteiger partial charge in [0.1, 0.15) is 4.66 Å². The molecule has 22 heavy (non-hydrogen) atoms. The van der Waals surface area contributed by atoms with Crippen LogP contribution in [0.2, 0.25) is 5.02 Å². The van der Waals surface area contributed by atoms with E-state index >= 15 is 0 Å². The smallest absolute Gasteiger partial charge is 0.268 e. The molecule has 0 spiro atoms. The van der Waals surface area contributed by atoms with Crippen molar-refractivity contribution in [3.8, 4) is 17.6 Å². The number of phenols is 1. The summed E-state index contributed by atoms with van der Waals surface area (Å²) in [5.41, 5.74) is 0.433. The highest BCUT2D eigenvalue weighted by molar-refractivity contribution is 7.07. The molecule has 0 aliphatic heterocycles. The minimum absolute atomic E-state index is 0.127. The van der Waals surface area contributed by atoms with Gasteiger partial charge in [-0.3, -0.25) is 4.79 Å². The largest absolute Gasteiger partial charge is 0.503 e. The Kier molecular flexibility index (Phi) is 4.91. The van der Waals surface area contributed by atoms with Crippen LogP contribution < -0.4 is 19.5 Å². The monoisotopic (exact) mass is 336 g/mol. The molecule has 0 radical (unpaired) electrons. The second kappa shape index (κ2) is 6.69. The molecular formula is C15H13ClN2O3S. The minimum Gasteiger partial charge on any atom is -0.503 e. The molecule has 1 aromatic carbocycles. The number of ether oxygens (including phenoxy) is 1. The summed E-state index contributed by atoms with van der Waals surface area (Å²) in [4.78, 5) is 12.1. The number of nitriles is 1. The van der Waals surface area contributed by atoms with Gasteiger partial charge < -0.3 is 14.4 Å². The average Bonchev–Trinajstić information content (AvgIpc) is 2.73. The summed E-state index contributed by atoms with van der Waals surface area (Å²) in [7, 11) is 1.61. The Hall–Kier alpha value is -2.23. The third-order valence-corrected chi connectivity index (χ3v) is 4.30. The van der Waals surface area contributed by atoms with Crippen LogP contribution in [0, 0.1) is 11.3 Å². The molecule has 0 aliphatic rings. The van der Waals surface area contributed by atoms with Gasteiger partial charge in [-0.15, -0.1) is 11.3 Å². The van der Waals surface area contributed by atoms with E-state index < -0.39 is 0 Å². The van der Waals surface area contributed by atoms with Gasteiger partial charge in [0.05, 0.1) is 22.2 Å². The summed E-state index contributed by atoms with van der Waals surface area (Å²) in [6.07, 6.45) is 2.97. The lowest BCUT2D eigenvalue weighted by Gasteiger charge is -2.08. The van der Waals surface area contributed by atoms with Gasteiger partial charge in [-0.05, 0) is 30.7 Å². The van der Waals surface area contributed by atoms with Crippen LogP contribution in [-0.2, 0) is 7.05 Å². The lowest BCUT2D eigenvalue weighted by molar-refractivity contribution is 0.318. The predicted molar refractivity (Wildman–Crippen MR) is 86.7 cm³/mol. The molecule has 1 N–H and O–H groups in total. The van der Waals surface area contributed by atoms with Crippen molar-refractivity contribution in [3.63, 3.8) is 0 Å². The van der Waals surface area contributed by atoms with Crippen molar-refractivity contribution in [3.05, 3.63) is 42.3 Å². The first-order chi connectivity index (χ1) is 10.5. The number of nitrogens with zero attached hydrogens (tertiary/aromatic N) is 2. The highest BCUT2D eigenvalue weighted by Crippen LogP contribution is 2.35. The van der Waals surface area contributed by atoms with Crippen molar-refractivity contribution in [2.75, 3.05) is 6.61 Å². The summed E-state index contributed by atoms with van der Waals surface area (Å²) < 4.78 is 7.75. The second-order valence-corrected chi connectivity index (χ2v) is 5.84. The average molecular weight is 337 g/mol. The van der Waals surface area contributed by atoms with Crippen LogP contribution in [0.25, 0.3) is 12.2 Å². The molecule has 0 aliphatic carbocycles. The lowest BCUT2D eigenvalue weighted by atomic mass is 10.2. The number of phenolic OH excluding ortho intramolecular Hbond substituents is 1. The molecule has 0 saturated heterocycles. The maximum atomic E-state index is 12.1. The van der Waals surface area contributed by atoms with Crippen LogP contribution in [-0.4, -0.2) is 16.3 Å². The van der Waals surface area contributed by atoms with Gasteiger partial charge >= 0.3 is 0 Å². The van der Waals surface area contributed by atoms with E-state index in [1.165, 1.54) is 22.0 Å². The Bertz CT molecular complexity index is 922. The number of halogens is 1. The Morgan fingerprint density at radius 1 is 1.55 bits per heavy atom. The van der Waals surface area contributed by atoms with Crippen molar-refractivity contribution in [1.29, 1.82) is 5.26 Å². The fraction of sp³-hybridized carbons (Fsp3) is 0.200. The van der Waals surface area contributed by atoms with Crippen molar-refractivity contribution < 1.29 is 9.84 Å². The standard InChI is InChI=1S/C15H13ClN2O3S/c1-3-21-11-7-9(6-10(16)14(11)19)8-12-15(20)18(2)13(22-12)4-5-17/h4,6-8,19H,3H2,1-2H3/b12-8-,13-4-. The number of hydrogen-bond donors (Lipinski definition) is 1. The molecule has 0 unspecified atom stereocenters. The van der Waals surface area contributed by atoms with Crippen LogP contribution in [0.5, 0.6) is 11.5 Å². The predicted octanol–water partition coefficient (Wildman–Crippen LogP) is 1.34. The summed E-state index contributed by atoms with van der Waals surface area (Å²) >= 11 is 7.17. The van der Waals surface area contributed by atoms with Gasteiger partial charge in [0, 0.05) is 13.1 Å². The molecule has 7 heteroatoms. The summed E-state index contributed by atoms with van der Waals surface area (Å²) in [5, 5.41) is 18.7. The Balaban J connectivity index is 2.65. The summed E-state index contributed by atoms with van der Waals surface area (Å²) in [6.45, 7) is 2.18. The van der Waals surface area contributed by atoms with Crippen molar-refractivity contribution in [1.82, 2.24) is 4.57 Å². The van der Waals surface area contributed by atoms with E-state index in [2.05, 4.69) is 0 Å². The van der Waals surface area contributed by atoms with Crippen LogP contribution >= 0.6 is 22.9 Å². The third kappa shape index (κ3) is 3.16. The van der Waals surface area contributed by atoms with Gasteiger partial charge in [0.15, 0.2) is 11.5 Å². The van der Waals surface area contributed by atoms with Crippen molar-refractivity contribution >= 4 is 35.1 Å². The number of thiazole rings is 1. The molecule has 2 aromatic rings. The van der Waals surface area contributed by atoms with E-state index in [0.29, 0.717) is 21.4 Å². The van der Waals surface area contributed by atoms with Crippen molar-refractivity contribution in [2.24, 2.45) is 7.05 Å². The number of benzene rings is 1. The van der Waals surface area contributed by atoms with Gasteiger partial charge in [-0.1, -0.05) is 11.6 Å². The first kappa shape index (κ1) is 16.1. The van der Waals surface area contributed by atoms with E-state index in [0.717, 1.165) is 0 Å². The molecule has 1 heterocycles. The number of rotatable bonds is 3. The zero-order valence-corrected chi connectivity index (χ0v) is 13.5. The summed E-state index contributed by atoms with van der Waals surface area (Å²) in [6, 6.07) is 5.07. The topological polar surface area (TPSA) is 75.2 Å². The van der Waals surface area contributed by atoms with Crippen LogP contribution in [0.4, 0.5) is 0 Å². The maximum absolute atomic E-state index is 12.1. The molecular weight excluding hydrogens is 324 g/mol. The first-order valence-electron chi connectivity index (χ1n) is 6.40. The molecule has 1 aromatic heterocycles. The third-order valence-electron chi connectivity index (χ3n) is 2.90. The maximum Gasteiger partial charge on any atom is 0.268 e. The van der Waals surface area contributed by atoms with Gasteiger partial charge in [0.25, 0.3) is 5.56 Å². The van der Waals surface area contributed by atoms with E-state index in [-0.39, 0.29) is 22.1 Å². The zero-order valence-electron chi connectivity index (χ0n) is 12.0. The fourth-order valence-corrected chi connectivity index (χ4v) is 3.05. The molecule has 0 amide bonds. The number of aromatic nitrogens is 1. The fourth-order valence-electron chi connectivity index (χ4n) is 1.86. The quantitative estimate of drug-likeness (QED) is 0.917. The van der Waals surface area contributed by atoms with Crippen LogP contribution in [0.3, 0.4) is 0 Å². The SMILES string of the molecule is CCOc1cc(/C=c2\s/c(=C\C#N)n(C)c2=O)cc(Cl)c1O. The molecule has 0 atom stereocenters. The summed E-state index contributed by atoms with van der Waals surface area (Å²) in [5.74, 6) is 0.136. The lowest BCUT2D eigenvalue weighted by Crippen LogP contribution is -2.28. The van der Waals surface area contributed by atoms with Gasteiger partial charge in [0.2, 0.25) is 0 Å². The highest BCUT2D eigenvalue weighted by atomic mass is 35.5.